The number of aryl methyl sites for hydroxylation is 1. The number of hydrogen-bond donors (Lipinski definition) is 2. The second-order valence-electron chi connectivity index (χ2n) is 8.19. The van der Waals surface area contributed by atoms with Gasteiger partial charge in [-0.2, -0.15) is 0 Å². The maximum atomic E-state index is 12.4. The van der Waals surface area contributed by atoms with E-state index in [0.717, 1.165) is 42.4 Å². The van der Waals surface area contributed by atoms with Crippen LogP contribution in [0.1, 0.15) is 48.0 Å². The van der Waals surface area contributed by atoms with Crippen LogP contribution in [0, 0.1) is 12.8 Å². The average Bonchev–Trinajstić information content (AvgIpc) is 3.32. The summed E-state index contributed by atoms with van der Waals surface area (Å²) in [5.41, 5.74) is 3.24. The van der Waals surface area contributed by atoms with Crippen molar-refractivity contribution in [3.8, 4) is 22.9 Å². The minimum Gasteiger partial charge on any atom is -0.416 e. The molecule has 1 saturated carbocycles. The van der Waals surface area contributed by atoms with Crippen molar-refractivity contribution in [2.75, 3.05) is 13.1 Å². The Bertz CT molecular complexity index is 1070. The Morgan fingerprint density at radius 2 is 1.59 bits per heavy atom. The molecule has 2 aromatic carbocycles. The van der Waals surface area contributed by atoms with Crippen molar-refractivity contribution in [2.24, 2.45) is 5.92 Å². The van der Waals surface area contributed by atoms with E-state index in [2.05, 4.69) is 20.8 Å². The zero-order chi connectivity index (χ0) is 22.3. The van der Waals surface area contributed by atoms with Gasteiger partial charge in [0, 0.05) is 35.7 Å². The molecule has 7 nitrogen and oxygen atoms in total. The third kappa shape index (κ3) is 5.22. The maximum Gasteiger partial charge on any atom is 0.251 e. The van der Waals surface area contributed by atoms with E-state index in [1.54, 1.807) is 24.3 Å². The molecule has 0 aliphatic heterocycles. The summed E-state index contributed by atoms with van der Waals surface area (Å²) in [4.78, 5) is 24.5. The van der Waals surface area contributed by atoms with Crippen molar-refractivity contribution in [3.63, 3.8) is 0 Å². The van der Waals surface area contributed by atoms with Crippen LogP contribution in [0.3, 0.4) is 0 Å². The van der Waals surface area contributed by atoms with Gasteiger partial charge < -0.3 is 15.1 Å². The van der Waals surface area contributed by atoms with E-state index in [9.17, 15) is 9.59 Å². The Balaban J connectivity index is 1.28. The number of carbonyl (C=O) groups excluding carboxylic acids is 2. The molecule has 0 saturated heterocycles. The van der Waals surface area contributed by atoms with Crippen LogP contribution in [0.2, 0.25) is 0 Å². The van der Waals surface area contributed by atoms with Crippen LogP contribution in [0.25, 0.3) is 22.9 Å². The first kappa shape index (κ1) is 21.7. The highest BCUT2D eigenvalue weighted by molar-refractivity contribution is 5.94. The van der Waals surface area contributed by atoms with Gasteiger partial charge in [-0.05, 0) is 55.7 Å². The van der Waals surface area contributed by atoms with Crippen LogP contribution in [-0.4, -0.2) is 35.1 Å². The Labute approximate surface area is 187 Å². The smallest absolute Gasteiger partial charge is 0.251 e. The number of nitrogens with zero attached hydrogens (tertiary/aromatic N) is 2. The molecule has 1 aromatic heterocycles. The highest BCUT2D eigenvalue weighted by Gasteiger charge is 2.20. The molecular weight excluding hydrogens is 404 g/mol. The minimum absolute atomic E-state index is 0.105. The first-order valence-electron chi connectivity index (χ1n) is 11.2. The molecule has 1 aliphatic rings. The summed E-state index contributed by atoms with van der Waals surface area (Å²) in [6.45, 7) is 2.82. The van der Waals surface area contributed by atoms with E-state index in [1.807, 2.05) is 31.2 Å². The average molecular weight is 433 g/mol. The van der Waals surface area contributed by atoms with Crippen molar-refractivity contribution in [1.82, 2.24) is 20.8 Å². The molecule has 2 amide bonds. The number of amides is 2. The lowest BCUT2D eigenvalue weighted by Crippen LogP contribution is -2.38. The normalized spacial score (nSPS) is 14.2. The minimum atomic E-state index is -0.186. The molecule has 0 radical (unpaired) electrons. The molecule has 7 heteroatoms. The first-order valence-corrected chi connectivity index (χ1v) is 11.2. The number of rotatable bonds is 7. The molecule has 0 atom stereocenters. The van der Waals surface area contributed by atoms with Gasteiger partial charge in [-0.1, -0.05) is 37.5 Å². The number of nitrogens with one attached hydrogen (secondary N) is 2. The van der Waals surface area contributed by atoms with Crippen molar-refractivity contribution < 1.29 is 14.0 Å². The van der Waals surface area contributed by atoms with E-state index in [-0.39, 0.29) is 17.7 Å². The second kappa shape index (κ2) is 10.2. The number of carbonyl (C=O) groups is 2. The SMILES string of the molecule is Cc1ccccc1-c1nnc(-c2ccc(C(=O)NCCNC(=O)C3CCCCC3)cc2)o1. The van der Waals surface area contributed by atoms with Gasteiger partial charge in [0.1, 0.15) is 0 Å². The van der Waals surface area contributed by atoms with Crippen LogP contribution in [0.5, 0.6) is 0 Å². The zero-order valence-corrected chi connectivity index (χ0v) is 18.3. The fourth-order valence-corrected chi connectivity index (χ4v) is 4.00. The van der Waals surface area contributed by atoms with E-state index >= 15 is 0 Å². The van der Waals surface area contributed by atoms with Crippen LogP contribution < -0.4 is 10.6 Å². The van der Waals surface area contributed by atoms with Gasteiger partial charge in [0.25, 0.3) is 5.91 Å². The van der Waals surface area contributed by atoms with Gasteiger partial charge >= 0.3 is 0 Å². The molecule has 0 unspecified atom stereocenters. The Morgan fingerprint density at radius 3 is 2.34 bits per heavy atom. The lowest BCUT2D eigenvalue weighted by Gasteiger charge is -2.20. The van der Waals surface area contributed by atoms with Crippen molar-refractivity contribution >= 4 is 11.8 Å². The summed E-state index contributed by atoms with van der Waals surface area (Å²) in [5.74, 6) is 0.918. The highest BCUT2D eigenvalue weighted by Crippen LogP contribution is 2.26. The summed E-state index contributed by atoms with van der Waals surface area (Å²) in [6, 6.07) is 14.9. The standard InChI is InChI=1S/C25H28N4O3/c1-17-7-5-6-10-21(17)25-29-28-24(32-25)20-13-11-19(12-14-20)23(31)27-16-15-26-22(30)18-8-3-2-4-9-18/h5-7,10-14,18H,2-4,8-9,15-16H2,1H3,(H,26,30)(H,27,31). The number of hydrogen-bond acceptors (Lipinski definition) is 5. The summed E-state index contributed by atoms with van der Waals surface area (Å²) in [7, 11) is 0. The Kier molecular flexibility index (Phi) is 6.94. The maximum absolute atomic E-state index is 12.4. The van der Waals surface area contributed by atoms with Crippen LogP contribution >= 0.6 is 0 Å². The van der Waals surface area contributed by atoms with Gasteiger partial charge in [0.2, 0.25) is 17.7 Å². The quantitative estimate of drug-likeness (QED) is 0.547. The van der Waals surface area contributed by atoms with Gasteiger partial charge in [0.15, 0.2) is 0 Å². The summed E-state index contributed by atoms with van der Waals surface area (Å²) in [6.07, 6.45) is 5.41. The molecule has 2 N–H and O–H groups in total. The van der Waals surface area contributed by atoms with Crippen LogP contribution in [-0.2, 0) is 4.79 Å². The van der Waals surface area contributed by atoms with Crippen molar-refractivity contribution in [3.05, 3.63) is 59.7 Å². The van der Waals surface area contributed by atoms with Gasteiger partial charge in [-0.15, -0.1) is 10.2 Å². The third-order valence-electron chi connectivity index (χ3n) is 5.88. The Morgan fingerprint density at radius 1 is 0.906 bits per heavy atom. The predicted octanol–water partition coefficient (Wildman–Crippen LogP) is 4.14. The topological polar surface area (TPSA) is 97.1 Å². The van der Waals surface area contributed by atoms with Gasteiger partial charge in [-0.3, -0.25) is 9.59 Å². The molecule has 1 aliphatic carbocycles. The van der Waals surface area contributed by atoms with E-state index in [0.29, 0.717) is 30.4 Å². The third-order valence-corrected chi connectivity index (χ3v) is 5.88. The van der Waals surface area contributed by atoms with Crippen LogP contribution in [0.4, 0.5) is 0 Å². The van der Waals surface area contributed by atoms with E-state index in [4.69, 9.17) is 4.42 Å². The van der Waals surface area contributed by atoms with Crippen molar-refractivity contribution in [1.29, 1.82) is 0 Å². The molecule has 1 fully saturated rings. The number of aromatic nitrogens is 2. The van der Waals surface area contributed by atoms with E-state index < -0.39 is 0 Å². The lowest BCUT2D eigenvalue weighted by atomic mass is 9.89. The molecule has 1 heterocycles. The summed E-state index contributed by atoms with van der Waals surface area (Å²) >= 11 is 0. The second-order valence-corrected chi connectivity index (χ2v) is 8.19. The van der Waals surface area contributed by atoms with Gasteiger partial charge in [0.05, 0.1) is 0 Å². The fourth-order valence-electron chi connectivity index (χ4n) is 4.00. The largest absolute Gasteiger partial charge is 0.416 e. The molecule has 4 rings (SSSR count). The fraction of sp³-hybridized carbons (Fsp3) is 0.360. The molecule has 0 spiro atoms. The first-order chi connectivity index (χ1) is 15.6. The highest BCUT2D eigenvalue weighted by atomic mass is 16.4. The zero-order valence-electron chi connectivity index (χ0n) is 18.3. The molecule has 32 heavy (non-hydrogen) atoms. The summed E-state index contributed by atoms with van der Waals surface area (Å²) in [5, 5.41) is 14.1. The van der Waals surface area contributed by atoms with Crippen LogP contribution in [0.15, 0.2) is 52.9 Å². The molecule has 0 bridgehead atoms. The molecule has 166 valence electrons. The predicted molar refractivity (Wildman–Crippen MR) is 122 cm³/mol. The van der Waals surface area contributed by atoms with Gasteiger partial charge in [-0.25, -0.2) is 0 Å². The number of benzene rings is 2. The van der Waals surface area contributed by atoms with Crippen molar-refractivity contribution in [2.45, 2.75) is 39.0 Å². The molecular formula is C25H28N4O3. The lowest BCUT2D eigenvalue weighted by molar-refractivity contribution is -0.125. The summed E-state index contributed by atoms with van der Waals surface area (Å²) < 4.78 is 5.83. The van der Waals surface area contributed by atoms with E-state index in [1.165, 1.54) is 6.42 Å². The Hall–Kier alpha value is -3.48. The monoisotopic (exact) mass is 432 g/mol. The molecule has 3 aromatic rings.